The molecule has 1 aliphatic heterocycles. The summed E-state index contributed by atoms with van der Waals surface area (Å²) in [4.78, 5) is 30.1. The Bertz CT molecular complexity index is 801. The van der Waals surface area contributed by atoms with Crippen molar-refractivity contribution in [3.63, 3.8) is 0 Å². The molecule has 138 valence electrons. The van der Waals surface area contributed by atoms with Crippen molar-refractivity contribution < 1.29 is 23.1 Å². The quantitative estimate of drug-likeness (QED) is 0.818. The van der Waals surface area contributed by atoms with Crippen LogP contribution in [0.4, 0.5) is 8.78 Å². The average molecular weight is 380 g/mol. The van der Waals surface area contributed by atoms with E-state index in [1.807, 2.05) is 19.1 Å². The highest BCUT2D eigenvalue weighted by molar-refractivity contribution is 7.13. The molecule has 5 nitrogen and oxygen atoms in total. The Morgan fingerprint density at radius 2 is 1.69 bits per heavy atom. The van der Waals surface area contributed by atoms with Crippen LogP contribution in [0.15, 0.2) is 36.4 Å². The molecule has 2 amide bonds. The molecule has 3 rings (SSSR count). The van der Waals surface area contributed by atoms with Crippen LogP contribution in [0.2, 0.25) is 0 Å². The Hall–Kier alpha value is -2.48. The van der Waals surface area contributed by atoms with Gasteiger partial charge in [-0.25, -0.2) is 0 Å². The molecule has 8 heteroatoms. The molecule has 1 saturated heterocycles. The number of rotatable bonds is 4. The molecule has 0 aliphatic carbocycles. The second kappa shape index (κ2) is 7.82. The van der Waals surface area contributed by atoms with E-state index >= 15 is 0 Å². The fourth-order valence-corrected chi connectivity index (χ4v) is 3.64. The van der Waals surface area contributed by atoms with E-state index in [-0.39, 0.29) is 23.1 Å². The van der Waals surface area contributed by atoms with E-state index in [1.165, 1.54) is 29.5 Å². The molecule has 1 aromatic carbocycles. The first-order valence-corrected chi connectivity index (χ1v) is 8.95. The molecule has 0 N–H and O–H groups in total. The second-order valence-electron chi connectivity index (χ2n) is 5.90. The van der Waals surface area contributed by atoms with E-state index in [4.69, 9.17) is 0 Å². The maximum absolute atomic E-state index is 12.6. The number of amides is 2. The minimum atomic E-state index is -2.93. The van der Waals surface area contributed by atoms with Crippen molar-refractivity contribution in [2.75, 3.05) is 26.2 Å². The molecule has 1 aromatic heterocycles. The van der Waals surface area contributed by atoms with Gasteiger partial charge in [-0.2, -0.15) is 8.78 Å². The van der Waals surface area contributed by atoms with Crippen LogP contribution in [0, 0.1) is 6.92 Å². The fourth-order valence-electron chi connectivity index (χ4n) is 2.81. The molecule has 1 aliphatic rings. The number of ether oxygens (including phenoxy) is 1. The molecule has 0 radical (unpaired) electrons. The highest BCUT2D eigenvalue weighted by Crippen LogP contribution is 2.20. The molecule has 1 fully saturated rings. The summed E-state index contributed by atoms with van der Waals surface area (Å²) in [5, 5.41) is 0. The summed E-state index contributed by atoms with van der Waals surface area (Å²) in [6.07, 6.45) is 0. The van der Waals surface area contributed by atoms with E-state index in [0.717, 1.165) is 4.88 Å². The number of hydrogen-bond acceptors (Lipinski definition) is 4. The summed E-state index contributed by atoms with van der Waals surface area (Å²) in [6, 6.07) is 9.47. The number of piperazine rings is 1. The smallest absolute Gasteiger partial charge is 0.387 e. The zero-order chi connectivity index (χ0) is 18.7. The van der Waals surface area contributed by atoms with Crippen molar-refractivity contribution in [2.24, 2.45) is 0 Å². The van der Waals surface area contributed by atoms with Gasteiger partial charge in [-0.3, -0.25) is 9.59 Å². The van der Waals surface area contributed by atoms with Gasteiger partial charge in [0.2, 0.25) is 0 Å². The lowest BCUT2D eigenvalue weighted by molar-refractivity contribution is -0.0499. The summed E-state index contributed by atoms with van der Waals surface area (Å²) >= 11 is 1.45. The summed E-state index contributed by atoms with van der Waals surface area (Å²) in [7, 11) is 0. The topological polar surface area (TPSA) is 49.9 Å². The van der Waals surface area contributed by atoms with Crippen LogP contribution in [0.3, 0.4) is 0 Å². The largest absolute Gasteiger partial charge is 0.435 e. The Balaban J connectivity index is 1.61. The van der Waals surface area contributed by atoms with E-state index in [2.05, 4.69) is 4.74 Å². The number of aryl methyl sites for hydroxylation is 1. The van der Waals surface area contributed by atoms with Crippen molar-refractivity contribution in [2.45, 2.75) is 13.5 Å². The molecule has 26 heavy (non-hydrogen) atoms. The number of nitrogens with zero attached hydrogens (tertiary/aromatic N) is 2. The Labute approximate surface area is 153 Å². The highest BCUT2D eigenvalue weighted by Gasteiger charge is 2.26. The number of thiophene rings is 1. The number of hydrogen-bond donors (Lipinski definition) is 0. The number of halogens is 2. The predicted octanol–water partition coefficient (Wildman–Crippen LogP) is 3.26. The van der Waals surface area contributed by atoms with Crippen molar-refractivity contribution in [3.8, 4) is 5.75 Å². The van der Waals surface area contributed by atoms with Gasteiger partial charge in [0.15, 0.2) is 0 Å². The molecule has 0 atom stereocenters. The molecule has 2 aromatic rings. The van der Waals surface area contributed by atoms with Crippen LogP contribution < -0.4 is 4.74 Å². The Morgan fingerprint density at radius 3 is 2.27 bits per heavy atom. The standard InChI is InChI=1S/C18H18F2N2O3S/c1-12-5-6-15(26-12)17(24)22-9-7-21(8-10-22)16(23)13-3-2-4-14(11-13)25-18(19)20/h2-6,11,18H,7-10H2,1H3. The van der Waals surface area contributed by atoms with Gasteiger partial charge in [0.05, 0.1) is 4.88 Å². The summed E-state index contributed by atoms with van der Waals surface area (Å²) in [6.45, 7) is 0.688. The van der Waals surface area contributed by atoms with E-state index in [9.17, 15) is 18.4 Å². The minimum absolute atomic E-state index is 0.0254. The Kier molecular flexibility index (Phi) is 5.51. The lowest BCUT2D eigenvalue weighted by Gasteiger charge is -2.34. The number of carbonyl (C=O) groups is 2. The van der Waals surface area contributed by atoms with Gasteiger partial charge in [-0.05, 0) is 37.3 Å². The summed E-state index contributed by atoms with van der Waals surface area (Å²) < 4.78 is 29.0. The van der Waals surface area contributed by atoms with Crippen molar-refractivity contribution >= 4 is 23.2 Å². The van der Waals surface area contributed by atoms with Gasteiger partial charge in [-0.15, -0.1) is 11.3 Å². The fraction of sp³-hybridized carbons (Fsp3) is 0.333. The molecule has 0 unspecified atom stereocenters. The molecule has 0 spiro atoms. The first-order valence-electron chi connectivity index (χ1n) is 8.14. The van der Waals surface area contributed by atoms with Gasteiger partial charge in [0.1, 0.15) is 5.75 Å². The van der Waals surface area contributed by atoms with Crippen LogP contribution >= 0.6 is 11.3 Å². The first-order chi connectivity index (χ1) is 12.4. The van der Waals surface area contributed by atoms with Gasteiger partial charge in [0, 0.05) is 36.6 Å². The van der Waals surface area contributed by atoms with Crippen molar-refractivity contribution in [1.29, 1.82) is 0 Å². The van der Waals surface area contributed by atoms with Crippen molar-refractivity contribution in [3.05, 3.63) is 51.7 Å². The number of carbonyl (C=O) groups excluding carboxylic acids is 2. The second-order valence-corrected chi connectivity index (χ2v) is 7.19. The lowest BCUT2D eigenvalue weighted by Crippen LogP contribution is -2.50. The van der Waals surface area contributed by atoms with Crippen LogP contribution in [-0.2, 0) is 0 Å². The van der Waals surface area contributed by atoms with Crippen molar-refractivity contribution in [1.82, 2.24) is 9.80 Å². The van der Waals surface area contributed by atoms with Gasteiger partial charge in [0.25, 0.3) is 11.8 Å². The van der Waals surface area contributed by atoms with Crippen LogP contribution in [0.25, 0.3) is 0 Å². The predicted molar refractivity (Wildman–Crippen MR) is 93.9 cm³/mol. The van der Waals surface area contributed by atoms with Crippen LogP contribution in [0.5, 0.6) is 5.75 Å². The third kappa shape index (κ3) is 4.19. The zero-order valence-electron chi connectivity index (χ0n) is 14.2. The van der Waals surface area contributed by atoms with Crippen LogP contribution in [0.1, 0.15) is 24.9 Å². The molecule has 0 bridgehead atoms. The SMILES string of the molecule is Cc1ccc(C(=O)N2CCN(C(=O)c3cccc(OC(F)F)c3)CC2)s1. The maximum Gasteiger partial charge on any atom is 0.387 e. The first kappa shape index (κ1) is 18.3. The normalized spacial score (nSPS) is 14.6. The maximum atomic E-state index is 12.6. The zero-order valence-corrected chi connectivity index (χ0v) is 15.0. The molecule has 2 heterocycles. The summed E-state index contributed by atoms with van der Waals surface area (Å²) in [5.74, 6) is -0.334. The number of benzene rings is 1. The molecular weight excluding hydrogens is 362 g/mol. The highest BCUT2D eigenvalue weighted by atomic mass is 32.1. The third-order valence-corrected chi connectivity index (χ3v) is 5.10. The number of alkyl halides is 2. The third-order valence-electron chi connectivity index (χ3n) is 4.11. The van der Waals surface area contributed by atoms with Gasteiger partial charge in [-0.1, -0.05) is 6.07 Å². The van der Waals surface area contributed by atoms with Gasteiger partial charge >= 0.3 is 6.61 Å². The lowest BCUT2D eigenvalue weighted by atomic mass is 10.1. The summed E-state index contributed by atoms with van der Waals surface area (Å²) in [5.41, 5.74) is 0.289. The monoisotopic (exact) mass is 380 g/mol. The minimum Gasteiger partial charge on any atom is -0.435 e. The Morgan fingerprint density at radius 1 is 1.04 bits per heavy atom. The van der Waals surface area contributed by atoms with E-state index < -0.39 is 6.61 Å². The average Bonchev–Trinajstić information content (AvgIpc) is 3.07. The molecular formula is C18H18F2N2O3S. The molecule has 0 saturated carbocycles. The van der Waals surface area contributed by atoms with E-state index in [1.54, 1.807) is 15.9 Å². The van der Waals surface area contributed by atoms with Crippen LogP contribution in [-0.4, -0.2) is 54.4 Å². The van der Waals surface area contributed by atoms with E-state index in [0.29, 0.717) is 31.1 Å². The van der Waals surface area contributed by atoms with Gasteiger partial charge < -0.3 is 14.5 Å².